The van der Waals surface area contributed by atoms with Crippen molar-refractivity contribution in [3.8, 4) is 0 Å². The summed E-state index contributed by atoms with van der Waals surface area (Å²) >= 11 is 6.16. The minimum absolute atomic E-state index is 0.477. The number of nitrogens with zero attached hydrogens (tertiary/aromatic N) is 5. The summed E-state index contributed by atoms with van der Waals surface area (Å²) in [6, 6.07) is 0. The monoisotopic (exact) mass is 281 g/mol. The molecule has 0 aliphatic carbocycles. The molecule has 2 heterocycles. The van der Waals surface area contributed by atoms with Gasteiger partial charge in [0.25, 0.3) is 0 Å². The molecule has 0 aromatic carbocycles. The molecule has 0 unspecified atom stereocenters. The number of rotatable bonds is 5. The number of aromatic nitrogens is 4. The maximum atomic E-state index is 6.16. The third-order valence-electron chi connectivity index (χ3n) is 3.09. The van der Waals surface area contributed by atoms with Gasteiger partial charge in [0.2, 0.25) is 0 Å². The van der Waals surface area contributed by atoms with E-state index in [2.05, 4.69) is 40.9 Å². The van der Waals surface area contributed by atoms with E-state index in [0.29, 0.717) is 17.6 Å². The highest BCUT2D eigenvalue weighted by atomic mass is 35.5. The Kier molecular flexibility index (Phi) is 4.37. The zero-order valence-electron chi connectivity index (χ0n) is 11.9. The van der Waals surface area contributed by atoms with Crippen molar-refractivity contribution < 1.29 is 0 Å². The molecule has 19 heavy (non-hydrogen) atoms. The minimum atomic E-state index is 0.477. The van der Waals surface area contributed by atoms with Gasteiger partial charge >= 0.3 is 0 Å². The van der Waals surface area contributed by atoms with E-state index >= 15 is 0 Å². The predicted octanol–water partition coefficient (Wildman–Crippen LogP) is 2.49. The van der Waals surface area contributed by atoms with Crippen molar-refractivity contribution >= 4 is 22.6 Å². The highest BCUT2D eigenvalue weighted by Crippen LogP contribution is 2.19. The van der Waals surface area contributed by atoms with Crippen molar-refractivity contribution in [3.05, 3.63) is 17.2 Å². The van der Waals surface area contributed by atoms with Gasteiger partial charge < -0.3 is 0 Å². The standard InChI is InChI=1S/C13H20ClN5/c1-9(2)5-6-18(3)8-11-16-12(14)10-7-15-19(4)13(10)17-11/h7,9H,5-6,8H2,1-4H3. The van der Waals surface area contributed by atoms with Crippen molar-refractivity contribution in [1.29, 1.82) is 0 Å². The van der Waals surface area contributed by atoms with Gasteiger partial charge in [-0.15, -0.1) is 0 Å². The lowest BCUT2D eigenvalue weighted by Crippen LogP contribution is -2.21. The summed E-state index contributed by atoms with van der Waals surface area (Å²) in [5.41, 5.74) is 0.784. The summed E-state index contributed by atoms with van der Waals surface area (Å²) in [6.45, 7) is 6.18. The van der Waals surface area contributed by atoms with Gasteiger partial charge in [0.15, 0.2) is 5.65 Å². The van der Waals surface area contributed by atoms with E-state index in [4.69, 9.17) is 11.6 Å². The first-order chi connectivity index (χ1) is 8.97. The summed E-state index contributed by atoms with van der Waals surface area (Å²) < 4.78 is 1.72. The number of halogens is 1. The van der Waals surface area contributed by atoms with Crippen LogP contribution in [0.4, 0.5) is 0 Å². The SMILES string of the molecule is CC(C)CCN(C)Cc1nc(Cl)c2cnn(C)c2n1. The molecule has 2 aromatic rings. The smallest absolute Gasteiger partial charge is 0.162 e. The lowest BCUT2D eigenvalue weighted by molar-refractivity contribution is 0.297. The minimum Gasteiger partial charge on any atom is -0.299 e. The molecule has 2 rings (SSSR count). The summed E-state index contributed by atoms with van der Waals surface area (Å²) in [5.74, 6) is 1.44. The van der Waals surface area contributed by atoms with Gasteiger partial charge in [-0.25, -0.2) is 9.97 Å². The average molecular weight is 282 g/mol. The quantitative estimate of drug-likeness (QED) is 0.790. The van der Waals surface area contributed by atoms with Crippen molar-refractivity contribution in [2.24, 2.45) is 13.0 Å². The number of aryl methyl sites for hydroxylation is 1. The molecule has 0 spiro atoms. The van der Waals surface area contributed by atoms with Crippen molar-refractivity contribution in [3.63, 3.8) is 0 Å². The maximum Gasteiger partial charge on any atom is 0.162 e. The topological polar surface area (TPSA) is 46.8 Å². The highest BCUT2D eigenvalue weighted by Gasteiger charge is 2.11. The molecular formula is C13H20ClN5. The van der Waals surface area contributed by atoms with Crippen LogP contribution in [0, 0.1) is 5.92 Å². The fourth-order valence-corrected chi connectivity index (χ4v) is 2.13. The molecule has 0 atom stereocenters. The summed E-state index contributed by atoms with van der Waals surface area (Å²) in [6.07, 6.45) is 2.86. The Morgan fingerprint density at radius 1 is 1.37 bits per heavy atom. The predicted molar refractivity (Wildman–Crippen MR) is 77.1 cm³/mol. The van der Waals surface area contributed by atoms with E-state index in [-0.39, 0.29) is 0 Å². The molecule has 6 heteroatoms. The molecule has 0 amide bonds. The Balaban J connectivity index is 2.14. The Morgan fingerprint density at radius 3 is 2.79 bits per heavy atom. The zero-order valence-corrected chi connectivity index (χ0v) is 12.6. The van der Waals surface area contributed by atoms with Crippen LogP contribution in [0.5, 0.6) is 0 Å². The van der Waals surface area contributed by atoms with E-state index in [1.54, 1.807) is 10.9 Å². The molecule has 0 fully saturated rings. The first-order valence-electron chi connectivity index (χ1n) is 6.50. The van der Waals surface area contributed by atoms with Crippen LogP contribution in [0.3, 0.4) is 0 Å². The molecule has 5 nitrogen and oxygen atoms in total. The molecule has 0 radical (unpaired) electrons. The molecule has 0 N–H and O–H groups in total. The van der Waals surface area contributed by atoms with Crippen LogP contribution in [0.1, 0.15) is 26.1 Å². The van der Waals surface area contributed by atoms with Crippen LogP contribution in [0.2, 0.25) is 5.15 Å². The normalized spacial score (nSPS) is 11.9. The summed E-state index contributed by atoms with van der Waals surface area (Å²) in [5, 5.41) is 5.43. The Labute approximate surface area is 118 Å². The van der Waals surface area contributed by atoms with Gasteiger partial charge in [0, 0.05) is 7.05 Å². The van der Waals surface area contributed by atoms with Gasteiger partial charge in [0.05, 0.1) is 18.1 Å². The van der Waals surface area contributed by atoms with Gasteiger partial charge in [0.1, 0.15) is 11.0 Å². The Morgan fingerprint density at radius 2 is 2.11 bits per heavy atom. The Hall–Kier alpha value is -1.20. The largest absolute Gasteiger partial charge is 0.299 e. The number of fused-ring (bicyclic) bond motifs is 1. The molecule has 0 aliphatic rings. The van der Waals surface area contributed by atoms with E-state index in [9.17, 15) is 0 Å². The van der Waals surface area contributed by atoms with Crippen molar-refractivity contribution in [2.45, 2.75) is 26.8 Å². The van der Waals surface area contributed by atoms with Crippen molar-refractivity contribution in [1.82, 2.24) is 24.6 Å². The van der Waals surface area contributed by atoms with E-state index in [1.165, 1.54) is 0 Å². The lowest BCUT2D eigenvalue weighted by Gasteiger charge is -2.16. The average Bonchev–Trinajstić information content (AvgIpc) is 2.69. The number of hydrogen-bond acceptors (Lipinski definition) is 4. The van der Waals surface area contributed by atoms with Crippen LogP contribution in [0.15, 0.2) is 6.20 Å². The second-order valence-corrected chi connectivity index (χ2v) is 5.71. The van der Waals surface area contributed by atoms with Crippen LogP contribution in [-0.2, 0) is 13.6 Å². The molecule has 0 saturated heterocycles. The van der Waals surface area contributed by atoms with E-state index < -0.39 is 0 Å². The van der Waals surface area contributed by atoms with E-state index in [0.717, 1.165) is 29.8 Å². The third kappa shape index (κ3) is 3.42. The first-order valence-corrected chi connectivity index (χ1v) is 6.88. The van der Waals surface area contributed by atoms with Crippen molar-refractivity contribution in [2.75, 3.05) is 13.6 Å². The Bertz CT molecular complexity index is 563. The maximum absolute atomic E-state index is 6.16. The molecule has 2 aromatic heterocycles. The number of hydrogen-bond donors (Lipinski definition) is 0. The lowest BCUT2D eigenvalue weighted by atomic mass is 10.1. The zero-order chi connectivity index (χ0) is 14.0. The molecule has 104 valence electrons. The molecule has 0 aliphatic heterocycles. The third-order valence-corrected chi connectivity index (χ3v) is 3.38. The second-order valence-electron chi connectivity index (χ2n) is 5.36. The van der Waals surface area contributed by atoms with Crippen LogP contribution < -0.4 is 0 Å². The molecular weight excluding hydrogens is 262 g/mol. The molecule has 0 bridgehead atoms. The van der Waals surface area contributed by atoms with Gasteiger partial charge in [-0.3, -0.25) is 9.58 Å². The summed E-state index contributed by atoms with van der Waals surface area (Å²) in [7, 11) is 3.94. The van der Waals surface area contributed by atoms with Crippen LogP contribution >= 0.6 is 11.6 Å². The van der Waals surface area contributed by atoms with Crippen LogP contribution in [0.25, 0.3) is 11.0 Å². The molecule has 0 saturated carbocycles. The fourth-order valence-electron chi connectivity index (χ4n) is 1.90. The van der Waals surface area contributed by atoms with Crippen LogP contribution in [-0.4, -0.2) is 38.2 Å². The first kappa shape index (κ1) is 14.2. The summed E-state index contributed by atoms with van der Waals surface area (Å²) in [4.78, 5) is 11.1. The fraction of sp³-hybridized carbons (Fsp3) is 0.615. The highest BCUT2D eigenvalue weighted by molar-refractivity contribution is 6.33. The van der Waals surface area contributed by atoms with E-state index in [1.807, 2.05) is 7.05 Å². The van der Waals surface area contributed by atoms with Gasteiger partial charge in [-0.2, -0.15) is 5.10 Å². The second kappa shape index (κ2) is 5.84. The van der Waals surface area contributed by atoms with Gasteiger partial charge in [-0.1, -0.05) is 25.4 Å². The van der Waals surface area contributed by atoms with Gasteiger partial charge in [-0.05, 0) is 25.9 Å².